The Bertz CT molecular complexity index is 626. The van der Waals surface area contributed by atoms with E-state index in [1.165, 1.54) is 0 Å². The number of hydrogen-bond donors (Lipinski definition) is 2. The zero-order valence-corrected chi connectivity index (χ0v) is 10.9. The van der Waals surface area contributed by atoms with Crippen molar-refractivity contribution in [3.63, 3.8) is 0 Å². The summed E-state index contributed by atoms with van der Waals surface area (Å²) in [6, 6.07) is 3.86. The molecule has 0 fully saturated rings. The molecule has 0 amide bonds. The molecule has 0 radical (unpaired) electrons. The van der Waals surface area contributed by atoms with E-state index in [1.54, 1.807) is 0 Å². The first-order valence-corrected chi connectivity index (χ1v) is 6.01. The third kappa shape index (κ3) is 1.69. The Balaban J connectivity index is 2.94. The van der Waals surface area contributed by atoms with Crippen LogP contribution in [0.25, 0.3) is 10.9 Å². The number of nitrogens with two attached hydrogens (primary N) is 1. The van der Waals surface area contributed by atoms with Crippen molar-refractivity contribution in [3.8, 4) is 0 Å². The zero-order chi connectivity index (χ0) is 13.4. The van der Waals surface area contributed by atoms with Crippen LogP contribution in [0.2, 0.25) is 0 Å². The number of aromatic carboxylic acids is 1. The Morgan fingerprint density at radius 3 is 2.56 bits per heavy atom. The zero-order valence-electron chi connectivity index (χ0n) is 10.9. The first-order chi connectivity index (χ1) is 8.49. The predicted molar refractivity (Wildman–Crippen MR) is 72.2 cm³/mol. The van der Waals surface area contributed by atoms with Gasteiger partial charge in [-0.25, -0.2) is 4.79 Å². The van der Waals surface area contributed by atoms with Crippen LogP contribution in [0.4, 0.5) is 0 Å². The molecule has 2 rings (SSSR count). The molecule has 0 unspecified atom stereocenters. The van der Waals surface area contributed by atoms with Crippen molar-refractivity contribution in [2.45, 2.75) is 27.3 Å². The molecule has 0 aliphatic carbocycles. The van der Waals surface area contributed by atoms with Crippen LogP contribution < -0.4 is 5.73 Å². The van der Waals surface area contributed by atoms with Gasteiger partial charge < -0.3 is 15.4 Å². The van der Waals surface area contributed by atoms with Gasteiger partial charge in [0.15, 0.2) is 0 Å². The molecule has 2 aromatic rings. The average molecular weight is 246 g/mol. The summed E-state index contributed by atoms with van der Waals surface area (Å²) in [7, 11) is 0. The van der Waals surface area contributed by atoms with E-state index in [-0.39, 0.29) is 0 Å². The Morgan fingerprint density at radius 2 is 2.00 bits per heavy atom. The number of aryl methyl sites for hydroxylation is 2. The summed E-state index contributed by atoms with van der Waals surface area (Å²) in [5, 5.41) is 10.4. The highest BCUT2D eigenvalue weighted by Gasteiger charge is 2.19. The van der Waals surface area contributed by atoms with E-state index >= 15 is 0 Å². The molecule has 0 aliphatic rings. The van der Waals surface area contributed by atoms with Crippen LogP contribution in [0.15, 0.2) is 12.1 Å². The summed E-state index contributed by atoms with van der Waals surface area (Å²) in [6.07, 6.45) is 0. The summed E-state index contributed by atoms with van der Waals surface area (Å²) in [6.45, 7) is 6.99. The highest BCUT2D eigenvalue weighted by Crippen LogP contribution is 2.29. The topological polar surface area (TPSA) is 68.2 Å². The van der Waals surface area contributed by atoms with Crippen LogP contribution in [-0.4, -0.2) is 22.2 Å². The molecule has 18 heavy (non-hydrogen) atoms. The number of benzene rings is 1. The Labute approximate surface area is 106 Å². The SMILES string of the molecule is Cc1ccc2c(C)c(C)n(CCN)c2c1C(=O)O. The van der Waals surface area contributed by atoms with Crippen molar-refractivity contribution in [2.75, 3.05) is 6.54 Å². The molecule has 4 nitrogen and oxygen atoms in total. The van der Waals surface area contributed by atoms with Crippen LogP contribution in [-0.2, 0) is 6.54 Å². The number of rotatable bonds is 3. The highest BCUT2D eigenvalue weighted by molar-refractivity contribution is 6.05. The van der Waals surface area contributed by atoms with Crippen molar-refractivity contribution in [1.29, 1.82) is 0 Å². The van der Waals surface area contributed by atoms with Gasteiger partial charge in [-0.3, -0.25) is 0 Å². The fourth-order valence-corrected chi connectivity index (χ4v) is 2.52. The number of hydrogen-bond acceptors (Lipinski definition) is 2. The fraction of sp³-hybridized carbons (Fsp3) is 0.357. The van der Waals surface area contributed by atoms with Crippen molar-refractivity contribution in [3.05, 3.63) is 34.5 Å². The lowest BCUT2D eigenvalue weighted by atomic mass is 10.0. The molecule has 3 N–H and O–H groups in total. The largest absolute Gasteiger partial charge is 0.478 e. The third-order valence-electron chi connectivity index (χ3n) is 3.57. The van der Waals surface area contributed by atoms with Gasteiger partial charge in [-0.05, 0) is 31.9 Å². The molecule has 0 bridgehead atoms. The van der Waals surface area contributed by atoms with E-state index in [9.17, 15) is 9.90 Å². The molecular formula is C14H18N2O2. The number of fused-ring (bicyclic) bond motifs is 1. The average Bonchev–Trinajstić information content (AvgIpc) is 2.54. The van der Waals surface area contributed by atoms with Gasteiger partial charge in [0.05, 0.1) is 11.1 Å². The minimum Gasteiger partial charge on any atom is -0.478 e. The van der Waals surface area contributed by atoms with Crippen LogP contribution in [0.5, 0.6) is 0 Å². The molecule has 0 spiro atoms. The highest BCUT2D eigenvalue weighted by atomic mass is 16.4. The van der Waals surface area contributed by atoms with Gasteiger partial charge in [0.2, 0.25) is 0 Å². The molecule has 96 valence electrons. The fourth-order valence-electron chi connectivity index (χ4n) is 2.52. The summed E-state index contributed by atoms with van der Waals surface area (Å²) < 4.78 is 2.02. The third-order valence-corrected chi connectivity index (χ3v) is 3.57. The van der Waals surface area contributed by atoms with Crippen LogP contribution >= 0.6 is 0 Å². The van der Waals surface area contributed by atoms with E-state index in [1.807, 2.05) is 37.5 Å². The standard InChI is InChI=1S/C14H18N2O2/c1-8-4-5-11-9(2)10(3)16(7-6-15)13(11)12(8)14(17)18/h4-5H,6-7,15H2,1-3H3,(H,17,18). The molecule has 0 saturated carbocycles. The summed E-state index contributed by atoms with van der Waals surface area (Å²) in [4.78, 5) is 11.5. The lowest BCUT2D eigenvalue weighted by Crippen LogP contribution is -2.13. The second kappa shape index (κ2) is 4.46. The van der Waals surface area contributed by atoms with Gasteiger partial charge in [0.25, 0.3) is 0 Å². The van der Waals surface area contributed by atoms with Gasteiger partial charge >= 0.3 is 5.97 Å². The smallest absolute Gasteiger partial charge is 0.338 e. The molecule has 4 heteroatoms. The monoisotopic (exact) mass is 246 g/mol. The number of nitrogens with zero attached hydrogens (tertiary/aromatic N) is 1. The van der Waals surface area contributed by atoms with Gasteiger partial charge in [0, 0.05) is 24.2 Å². The Hall–Kier alpha value is -1.81. The lowest BCUT2D eigenvalue weighted by molar-refractivity contribution is 0.0698. The van der Waals surface area contributed by atoms with Gasteiger partial charge in [-0.15, -0.1) is 0 Å². The van der Waals surface area contributed by atoms with Gasteiger partial charge in [-0.1, -0.05) is 12.1 Å². The number of aromatic nitrogens is 1. The van der Waals surface area contributed by atoms with Gasteiger partial charge in [-0.2, -0.15) is 0 Å². The van der Waals surface area contributed by atoms with E-state index < -0.39 is 5.97 Å². The van der Waals surface area contributed by atoms with Crippen molar-refractivity contribution < 1.29 is 9.90 Å². The summed E-state index contributed by atoms with van der Waals surface area (Å²) >= 11 is 0. The molecular weight excluding hydrogens is 228 g/mol. The van der Waals surface area contributed by atoms with Crippen molar-refractivity contribution >= 4 is 16.9 Å². The van der Waals surface area contributed by atoms with E-state index in [0.717, 1.165) is 27.7 Å². The van der Waals surface area contributed by atoms with E-state index in [0.29, 0.717) is 18.7 Å². The summed E-state index contributed by atoms with van der Waals surface area (Å²) in [5.74, 6) is -0.881. The molecule has 0 atom stereocenters. The van der Waals surface area contributed by atoms with Crippen molar-refractivity contribution in [2.24, 2.45) is 5.73 Å². The minimum atomic E-state index is -0.881. The first kappa shape index (κ1) is 12.6. The first-order valence-electron chi connectivity index (χ1n) is 6.01. The Morgan fingerprint density at radius 1 is 1.33 bits per heavy atom. The normalized spacial score (nSPS) is 11.1. The maximum atomic E-state index is 11.5. The van der Waals surface area contributed by atoms with Crippen LogP contribution in [0.1, 0.15) is 27.2 Å². The maximum Gasteiger partial charge on any atom is 0.338 e. The predicted octanol–water partition coefficient (Wildman–Crippen LogP) is 2.22. The minimum absolute atomic E-state index is 0.386. The molecule has 1 heterocycles. The second-order valence-electron chi connectivity index (χ2n) is 4.61. The lowest BCUT2D eigenvalue weighted by Gasteiger charge is -2.10. The molecule has 1 aromatic carbocycles. The van der Waals surface area contributed by atoms with E-state index in [2.05, 4.69) is 0 Å². The van der Waals surface area contributed by atoms with Crippen LogP contribution in [0.3, 0.4) is 0 Å². The van der Waals surface area contributed by atoms with Gasteiger partial charge in [0.1, 0.15) is 0 Å². The molecule has 1 aromatic heterocycles. The number of carboxylic acids is 1. The summed E-state index contributed by atoms with van der Waals surface area (Å²) in [5.41, 5.74) is 9.80. The quantitative estimate of drug-likeness (QED) is 0.872. The number of carboxylic acid groups (broad SMARTS) is 1. The van der Waals surface area contributed by atoms with Crippen LogP contribution in [0, 0.1) is 20.8 Å². The second-order valence-corrected chi connectivity index (χ2v) is 4.61. The number of carbonyl (C=O) groups is 1. The van der Waals surface area contributed by atoms with E-state index in [4.69, 9.17) is 5.73 Å². The van der Waals surface area contributed by atoms with Crippen molar-refractivity contribution in [1.82, 2.24) is 4.57 Å². The molecule has 0 aliphatic heterocycles. The molecule has 0 saturated heterocycles. The maximum absolute atomic E-state index is 11.5. The Kier molecular flexibility index (Phi) is 3.13.